The number of hydrogen-bond donors (Lipinski definition) is 4. The SMILES string of the molecule is CC1(C)C(N)C(C)(C)C1NC(=O)c1ccc(O)c(O)c1. The number of benzene rings is 1. The molecule has 0 aromatic heterocycles. The van der Waals surface area contributed by atoms with Crippen LogP contribution >= 0.6 is 0 Å². The Labute approximate surface area is 118 Å². The Morgan fingerprint density at radius 3 is 2.20 bits per heavy atom. The van der Waals surface area contributed by atoms with E-state index in [9.17, 15) is 15.0 Å². The Kier molecular flexibility index (Phi) is 3.21. The summed E-state index contributed by atoms with van der Waals surface area (Å²) in [4.78, 5) is 12.2. The van der Waals surface area contributed by atoms with Crippen molar-refractivity contribution in [2.75, 3.05) is 0 Å². The molecule has 1 amide bonds. The summed E-state index contributed by atoms with van der Waals surface area (Å²) in [7, 11) is 0. The summed E-state index contributed by atoms with van der Waals surface area (Å²) in [5.41, 5.74) is 6.11. The number of rotatable bonds is 2. The van der Waals surface area contributed by atoms with Crippen molar-refractivity contribution in [1.82, 2.24) is 5.32 Å². The van der Waals surface area contributed by atoms with Gasteiger partial charge in [-0.25, -0.2) is 0 Å². The van der Waals surface area contributed by atoms with Crippen LogP contribution in [0.5, 0.6) is 11.5 Å². The van der Waals surface area contributed by atoms with E-state index in [0.29, 0.717) is 5.56 Å². The minimum Gasteiger partial charge on any atom is -0.504 e. The first-order chi connectivity index (χ1) is 9.08. The zero-order chi connectivity index (χ0) is 15.3. The van der Waals surface area contributed by atoms with Crippen molar-refractivity contribution in [3.63, 3.8) is 0 Å². The molecule has 1 aromatic rings. The standard InChI is InChI=1S/C15H22N2O3/c1-14(2)12(16)15(3,4)13(14)17-11(20)8-5-6-9(18)10(19)7-8/h5-7,12-13,18-19H,16H2,1-4H3,(H,17,20). The van der Waals surface area contributed by atoms with E-state index >= 15 is 0 Å². The zero-order valence-corrected chi connectivity index (χ0v) is 12.3. The summed E-state index contributed by atoms with van der Waals surface area (Å²) in [5.74, 6) is -0.826. The minimum absolute atomic E-state index is 0.00789. The second kappa shape index (κ2) is 4.38. The normalized spacial score (nSPS) is 26.6. The predicted octanol–water partition coefficient (Wildman–Crippen LogP) is 1.59. The fourth-order valence-electron chi connectivity index (χ4n) is 3.43. The molecular weight excluding hydrogens is 256 g/mol. The Morgan fingerprint density at radius 2 is 1.70 bits per heavy atom. The van der Waals surface area contributed by atoms with Crippen molar-refractivity contribution in [3.05, 3.63) is 23.8 Å². The van der Waals surface area contributed by atoms with Gasteiger partial charge in [-0.3, -0.25) is 4.79 Å². The largest absolute Gasteiger partial charge is 0.504 e. The van der Waals surface area contributed by atoms with Crippen LogP contribution < -0.4 is 11.1 Å². The van der Waals surface area contributed by atoms with Crippen molar-refractivity contribution in [2.24, 2.45) is 16.6 Å². The van der Waals surface area contributed by atoms with E-state index in [1.165, 1.54) is 18.2 Å². The molecule has 0 radical (unpaired) electrons. The van der Waals surface area contributed by atoms with Crippen molar-refractivity contribution >= 4 is 5.91 Å². The van der Waals surface area contributed by atoms with Gasteiger partial charge in [0.15, 0.2) is 11.5 Å². The average molecular weight is 278 g/mol. The van der Waals surface area contributed by atoms with Crippen molar-refractivity contribution in [2.45, 2.75) is 39.8 Å². The van der Waals surface area contributed by atoms with Crippen LogP contribution in [0.2, 0.25) is 0 Å². The van der Waals surface area contributed by atoms with Gasteiger partial charge in [-0.05, 0) is 18.2 Å². The molecule has 0 atom stereocenters. The molecule has 0 aliphatic heterocycles. The number of hydrogen-bond acceptors (Lipinski definition) is 4. The molecule has 20 heavy (non-hydrogen) atoms. The van der Waals surface area contributed by atoms with E-state index in [2.05, 4.69) is 5.32 Å². The van der Waals surface area contributed by atoms with Crippen molar-refractivity contribution in [3.8, 4) is 11.5 Å². The molecule has 110 valence electrons. The maximum atomic E-state index is 12.2. The van der Waals surface area contributed by atoms with Gasteiger partial charge in [0, 0.05) is 28.5 Å². The van der Waals surface area contributed by atoms with Gasteiger partial charge in [0.2, 0.25) is 0 Å². The Hall–Kier alpha value is -1.75. The highest BCUT2D eigenvalue weighted by atomic mass is 16.3. The molecule has 5 nitrogen and oxygen atoms in total. The first-order valence-corrected chi connectivity index (χ1v) is 6.67. The predicted molar refractivity (Wildman–Crippen MR) is 76.6 cm³/mol. The summed E-state index contributed by atoms with van der Waals surface area (Å²) in [6, 6.07) is 3.99. The molecule has 0 saturated heterocycles. The fourth-order valence-corrected chi connectivity index (χ4v) is 3.43. The van der Waals surface area contributed by atoms with Gasteiger partial charge in [0.25, 0.3) is 5.91 Å². The van der Waals surface area contributed by atoms with E-state index in [4.69, 9.17) is 5.73 Å². The van der Waals surface area contributed by atoms with E-state index in [-0.39, 0.29) is 40.3 Å². The van der Waals surface area contributed by atoms with E-state index in [1.807, 2.05) is 27.7 Å². The van der Waals surface area contributed by atoms with Gasteiger partial charge in [-0.1, -0.05) is 27.7 Å². The highest BCUT2D eigenvalue weighted by Crippen LogP contribution is 2.52. The van der Waals surface area contributed by atoms with Gasteiger partial charge in [-0.2, -0.15) is 0 Å². The fraction of sp³-hybridized carbons (Fsp3) is 0.533. The molecule has 0 bridgehead atoms. The molecule has 0 heterocycles. The van der Waals surface area contributed by atoms with Crippen LogP contribution in [0.1, 0.15) is 38.1 Å². The summed E-state index contributed by atoms with van der Waals surface area (Å²) in [6.07, 6.45) is 0. The Balaban J connectivity index is 2.18. The monoisotopic (exact) mass is 278 g/mol. The quantitative estimate of drug-likeness (QED) is 0.618. The maximum Gasteiger partial charge on any atom is 0.251 e. The van der Waals surface area contributed by atoms with Crippen LogP contribution in [0.3, 0.4) is 0 Å². The van der Waals surface area contributed by atoms with Gasteiger partial charge in [0.05, 0.1) is 0 Å². The Morgan fingerprint density at radius 1 is 1.15 bits per heavy atom. The zero-order valence-electron chi connectivity index (χ0n) is 12.3. The number of phenolic OH excluding ortho intramolecular Hbond substituents is 2. The number of carbonyl (C=O) groups excluding carboxylic acids is 1. The van der Waals surface area contributed by atoms with Crippen LogP contribution in [0, 0.1) is 10.8 Å². The van der Waals surface area contributed by atoms with Gasteiger partial charge in [-0.15, -0.1) is 0 Å². The number of nitrogens with one attached hydrogen (secondary N) is 1. The lowest BCUT2D eigenvalue weighted by molar-refractivity contribution is -0.0663. The summed E-state index contributed by atoms with van der Waals surface area (Å²) in [5, 5.41) is 21.7. The van der Waals surface area contributed by atoms with Gasteiger partial charge < -0.3 is 21.3 Å². The van der Waals surface area contributed by atoms with Crippen LogP contribution in [0.15, 0.2) is 18.2 Å². The summed E-state index contributed by atoms with van der Waals surface area (Å²) >= 11 is 0. The summed E-state index contributed by atoms with van der Waals surface area (Å²) < 4.78 is 0. The first kappa shape index (κ1) is 14.7. The van der Waals surface area contributed by atoms with Gasteiger partial charge in [0.1, 0.15) is 0 Å². The lowest BCUT2D eigenvalue weighted by atomic mass is 9.48. The number of amides is 1. The molecule has 1 aromatic carbocycles. The number of carbonyl (C=O) groups is 1. The van der Waals surface area contributed by atoms with Crippen LogP contribution in [-0.2, 0) is 0 Å². The van der Waals surface area contributed by atoms with E-state index in [0.717, 1.165) is 0 Å². The first-order valence-electron chi connectivity index (χ1n) is 6.67. The third kappa shape index (κ3) is 2.02. The van der Waals surface area contributed by atoms with Gasteiger partial charge >= 0.3 is 0 Å². The highest BCUT2D eigenvalue weighted by Gasteiger charge is 2.60. The molecule has 0 unspecified atom stereocenters. The molecule has 0 spiro atoms. The average Bonchev–Trinajstić information content (AvgIpc) is 2.37. The smallest absolute Gasteiger partial charge is 0.251 e. The second-order valence-corrected chi connectivity index (χ2v) is 6.73. The topological polar surface area (TPSA) is 95.6 Å². The molecule has 1 aliphatic rings. The third-order valence-corrected chi connectivity index (χ3v) is 4.60. The van der Waals surface area contributed by atoms with Crippen LogP contribution in [-0.4, -0.2) is 28.2 Å². The molecule has 1 saturated carbocycles. The summed E-state index contributed by atoms with van der Waals surface area (Å²) in [6.45, 7) is 8.12. The van der Waals surface area contributed by atoms with E-state index < -0.39 is 0 Å². The second-order valence-electron chi connectivity index (χ2n) is 6.73. The van der Waals surface area contributed by atoms with Crippen LogP contribution in [0.25, 0.3) is 0 Å². The maximum absolute atomic E-state index is 12.2. The number of phenols is 2. The lowest BCUT2D eigenvalue weighted by Gasteiger charge is -2.62. The number of aromatic hydroxyl groups is 2. The van der Waals surface area contributed by atoms with Crippen molar-refractivity contribution < 1.29 is 15.0 Å². The number of nitrogens with two attached hydrogens (primary N) is 1. The lowest BCUT2D eigenvalue weighted by Crippen LogP contribution is -2.76. The third-order valence-electron chi connectivity index (χ3n) is 4.60. The molecule has 5 heteroatoms. The molecule has 1 fully saturated rings. The van der Waals surface area contributed by atoms with E-state index in [1.54, 1.807) is 0 Å². The molecule has 1 aliphatic carbocycles. The highest BCUT2D eigenvalue weighted by molar-refractivity contribution is 5.95. The molecular formula is C15H22N2O3. The van der Waals surface area contributed by atoms with Crippen molar-refractivity contribution in [1.29, 1.82) is 0 Å². The minimum atomic E-state index is -0.304. The Bertz CT molecular complexity index is 536. The van der Waals surface area contributed by atoms with Crippen LogP contribution in [0.4, 0.5) is 0 Å². The molecule has 5 N–H and O–H groups in total. The molecule has 2 rings (SSSR count).